The van der Waals surface area contributed by atoms with Crippen molar-refractivity contribution >= 4 is 38.1 Å². The van der Waals surface area contributed by atoms with Gasteiger partial charge in [-0.2, -0.15) is 0 Å². The van der Waals surface area contributed by atoms with Gasteiger partial charge in [-0.1, -0.05) is 30.3 Å². The monoisotopic (exact) mass is 411 g/mol. The van der Waals surface area contributed by atoms with Gasteiger partial charge >= 0.3 is 0 Å². The molecule has 0 fully saturated rings. The lowest BCUT2D eigenvalue weighted by Crippen LogP contribution is -2.32. The summed E-state index contributed by atoms with van der Waals surface area (Å²) in [7, 11) is -3.55. The molecular formula is C22H25N3O3S. The van der Waals surface area contributed by atoms with E-state index in [1.165, 1.54) is 12.1 Å². The fraction of sp³-hybridized carbons (Fsp3) is 0.227. The van der Waals surface area contributed by atoms with Crippen molar-refractivity contribution in [1.29, 1.82) is 0 Å². The number of hydrogen-bond acceptors (Lipinski definition) is 4. The van der Waals surface area contributed by atoms with Crippen molar-refractivity contribution in [2.45, 2.75) is 37.8 Å². The van der Waals surface area contributed by atoms with Crippen LogP contribution < -0.4 is 15.4 Å². The molecule has 0 radical (unpaired) electrons. The van der Waals surface area contributed by atoms with E-state index in [1.807, 2.05) is 42.5 Å². The number of anilines is 2. The number of fused-ring (bicyclic) bond motifs is 1. The number of amides is 1. The summed E-state index contributed by atoms with van der Waals surface area (Å²) >= 11 is 0. The van der Waals surface area contributed by atoms with Crippen molar-refractivity contribution in [1.82, 2.24) is 4.72 Å². The molecule has 0 aliphatic carbocycles. The average molecular weight is 412 g/mol. The molecule has 0 saturated heterocycles. The van der Waals surface area contributed by atoms with Crippen LogP contribution in [-0.4, -0.2) is 26.4 Å². The lowest BCUT2D eigenvalue weighted by Gasteiger charge is -2.16. The van der Waals surface area contributed by atoms with Crippen LogP contribution in [0.5, 0.6) is 0 Å². The Kier molecular flexibility index (Phi) is 6.20. The van der Waals surface area contributed by atoms with E-state index in [1.54, 1.807) is 32.9 Å². The molecule has 152 valence electrons. The molecule has 3 aromatic rings. The topological polar surface area (TPSA) is 87.3 Å². The summed E-state index contributed by atoms with van der Waals surface area (Å²) in [5, 5.41) is 8.23. The SMILES string of the molecule is CC(C)NS(=O)(=O)c1ccc(NC(=O)[C@H](C)Nc2ccc3ccccc3c2)cc1. The fourth-order valence-electron chi connectivity index (χ4n) is 2.94. The number of rotatable bonds is 7. The smallest absolute Gasteiger partial charge is 0.246 e. The van der Waals surface area contributed by atoms with E-state index in [-0.39, 0.29) is 16.8 Å². The largest absolute Gasteiger partial charge is 0.374 e. The highest BCUT2D eigenvalue weighted by atomic mass is 32.2. The first-order valence-corrected chi connectivity index (χ1v) is 10.9. The first-order valence-electron chi connectivity index (χ1n) is 9.43. The third kappa shape index (κ3) is 5.34. The van der Waals surface area contributed by atoms with E-state index in [2.05, 4.69) is 15.4 Å². The minimum atomic E-state index is -3.55. The van der Waals surface area contributed by atoms with Gasteiger partial charge in [-0.25, -0.2) is 13.1 Å². The number of nitrogens with one attached hydrogen (secondary N) is 3. The van der Waals surface area contributed by atoms with Crippen LogP contribution in [0.2, 0.25) is 0 Å². The summed E-state index contributed by atoms with van der Waals surface area (Å²) in [5.41, 5.74) is 1.39. The van der Waals surface area contributed by atoms with Crippen LogP contribution in [0.1, 0.15) is 20.8 Å². The first kappa shape index (κ1) is 20.8. The normalized spacial score (nSPS) is 12.7. The molecule has 0 aromatic heterocycles. The average Bonchev–Trinajstić information content (AvgIpc) is 2.67. The van der Waals surface area contributed by atoms with Crippen molar-refractivity contribution in [3.8, 4) is 0 Å². The zero-order valence-corrected chi connectivity index (χ0v) is 17.5. The molecule has 3 N–H and O–H groups in total. The molecule has 3 rings (SSSR count). The van der Waals surface area contributed by atoms with Crippen molar-refractivity contribution in [2.24, 2.45) is 0 Å². The molecule has 3 aromatic carbocycles. The molecule has 7 heteroatoms. The van der Waals surface area contributed by atoms with Gasteiger partial charge in [0.15, 0.2) is 0 Å². The van der Waals surface area contributed by atoms with Crippen LogP contribution in [0.4, 0.5) is 11.4 Å². The van der Waals surface area contributed by atoms with Crippen LogP contribution in [-0.2, 0) is 14.8 Å². The maximum absolute atomic E-state index is 12.5. The molecule has 29 heavy (non-hydrogen) atoms. The Hall–Kier alpha value is -2.90. The number of hydrogen-bond donors (Lipinski definition) is 3. The Balaban J connectivity index is 1.64. The Labute approximate surface area is 171 Å². The van der Waals surface area contributed by atoms with E-state index >= 15 is 0 Å². The van der Waals surface area contributed by atoms with Crippen molar-refractivity contribution in [3.63, 3.8) is 0 Å². The summed E-state index contributed by atoms with van der Waals surface area (Å²) < 4.78 is 26.9. The summed E-state index contributed by atoms with van der Waals surface area (Å²) in [5.74, 6) is -0.214. The number of benzene rings is 3. The second-order valence-corrected chi connectivity index (χ2v) is 8.93. The van der Waals surface area contributed by atoms with Crippen molar-refractivity contribution in [3.05, 3.63) is 66.7 Å². The van der Waals surface area contributed by atoms with Gasteiger partial charge in [0.2, 0.25) is 15.9 Å². The molecule has 0 aliphatic heterocycles. The second-order valence-electron chi connectivity index (χ2n) is 7.22. The Morgan fingerprint density at radius 2 is 1.45 bits per heavy atom. The number of carbonyl (C=O) groups excluding carboxylic acids is 1. The maximum Gasteiger partial charge on any atom is 0.246 e. The molecule has 1 amide bonds. The highest BCUT2D eigenvalue weighted by molar-refractivity contribution is 7.89. The molecule has 0 bridgehead atoms. The van der Waals surface area contributed by atoms with Crippen LogP contribution in [0.15, 0.2) is 71.6 Å². The van der Waals surface area contributed by atoms with Crippen LogP contribution in [0, 0.1) is 0 Å². The standard InChI is InChI=1S/C22H25N3O3S/c1-15(2)25-29(27,28)21-12-10-19(11-13-21)24-22(26)16(3)23-20-9-8-17-6-4-5-7-18(17)14-20/h4-16,23,25H,1-3H3,(H,24,26)/t16-/m0/s1. The zero-order chi connectivity index (χ0) is 21.0. The molecule has 0 aliphatic rings. The van der Waals surface area contributed by atoms with E-state index in [4.69, 9.17) is 0 Å². The highest BCUT2D eigenvalue weighted by Crippen LogP contribution is 2.20. The van der Waals surface area contributed by atoms with Gasteiger partial charge in [0.1, 0.15) is 6.04 Å². The first-order chi connectivity index (χ1) is 13.7. The van der Waals surface area contributed by atoms with Gasteiger partial charge in [-0.15, -0.1) is 0 Å². The number of carbonyl (C=O) groups is 1. The predicted molar refractivity (Wildman–Crippen MR) is 118 cm³/mol. The van der Waals surface area contributed by atoms with E-state index in [9.17, 15) is 13.2 Å². The van der Waals surface area contributed by atoms with Gasteiger partial charge in [-0.3, -0.25) is 4.79 Å². The molecule has 0 heterocycles. The minimum absolute atomic E-state index is 0.159. The number of sulfonamides is 1. The van der Waals surface area contributed by atoms with E-state index in [0.29, 0.717) is 5.69 Å². The van der Waals surface area contributed by atoms with Crippen LogP contribution in [0.3, 0.4) is 0 Å². The molecule has 0 spiro atoms. The highest BCUT2D eigenvalue weighted by Gasteiger charge is 2.16. The predicted octanol–water partition coefficient (Wildman–Crippen LogP) is 3.97. The lowest BCUT2D eigenvalue weighted by atomic mass is 10.1. The summed E-state index contributed by atoms with van der Waals surface area (Å²) in [4.78, 5) is 12.7. The van der Waals surface area contributed by atoms with Crippen molar-refractivity contribution < 1.29 is 13.2 Å². The summed E-state index contributed by atoms with van der Waals surface area (Å²) in [6, 6.07) is 19.4. The third-order valence-electron chi connectivity index (χ3n) is 4.35. The van der Waals surface area contributed by atoms with E-state index < -0.39 is 16.1 Å². The Morgan fingerprint density at radius 3 is 2.10 bits per heavy atom. The van der Waals surface area contributed by atoms with Gasteiger partial charge in [0.05, 0.1) is 4.90 Å². The van der Waals surface area contributed by atoms with Gasteiger partial charge in [0, 0.05) is 17.4 Å². The second kappa shape index (κ2) is 8.63. The summed E-state index contributed by atoms with van der Waals surface area (Å²) in [6.45, 7) is 5.29. The van der Waals surface area contributed by atoms with Crippen LogP contribution >= 0.6 is 0 Å². The van der Waals surface area contributed by atoms with Gasteiger partial charge in [-0.05, 0) is 67.9 Å². The Bertz CT molecular complexity index is 1110. The van der Waals surface area contributed by atoms with E-state index in [0.717, 1.165) is 16.5 Å². The molecule has 0 saturated carbocycles. The lowest BCUT2D eigenvalue weighted by molar-refractivity contribution is -0.116. The quantitative estimate of drug-likeness (QED) is 0.549. The fourth-order valence-corrected chi connectivity index (χ4v) is 4.19. The Morgan fingerprint density at radius 1 is 0.828 bits per heavy atom. The zero-order valence-electron chi connectivity index (χ0n) is 16.6. The summed E-state index contributed by atoms with van der Waals surface area (Å²) in [6.07, 6.45) is 0. The van der Waals surface area contributed by atoms with Crippen molar-refractivity contribution in [2.75, 3.05) is 10.6 Å². The minimum Gasteiger partial charge on any atom is -0.374 e. The third-order valence-corrected chi connectivity index (χ3v) is 6.02. The van der Waals surface area contributed by atoms with Crippen LogP contribution in [0.25, 0.3) is 10.8 Å². The maximum atomic E-state index is 12.5. The molecule has 0 unspecified atom stereocenters. The molecule has 1 atom stereocenters. The van der Waals surface area contributed by atoms with Gasteiger partial charge in [0.25, 0.3) is 0 Å². The van der Waals surface area contributed by atoms with Gasteiger partial charge < -0.3 is 10.6 Å². The molecular weight excluding hydrogens is 386 g/mol. The molecule has 6 nitrogen and oxygen atoms in total.